The molecule has 0 bridgehead atoms. The molecule has 2 aromatic carbocycles. The van der Waals surface area contributed by atoms with Crippen LogP contribution in [0.15, 0.2) is 65.3 Å². The second kappa shape index (κ2) is 6.02. The van der Waals surface area contributed by atoms with Gasteiger partial charge in [0.1, 0.15) is 6.10 Å². The Hall–Kier alpha value is -1.62. The molecule has 0 saturated carbocycles. The minimum absolute atomic E-state index is 0.282. The number of hydrogen-bond donors (Lipinski definition) is 2. The molecule has 1 aromatic heterocycles. The van der Waals surface area contributed by atoms with Crippen molar-refractivity contribution in [2.75, 3.05) is 6.61 Å². The van der Waals surface area contributed by atoms with Gasteiger partial charge in [-0.3, -0.25) is 0 Å². The van der Waals surface area contributed by atoms with Gasteiger partial charge in [0.05, 0.1) is 12.6 Å². The summed E-state index contributed by atoms with van der Waals surface area (Å²) in [4.78, 5) is 0. The van der Waals surface area contributed by atoms with Crippen LogP contribution in [0, 0.1) is 0 Å². The number of fused-ring (bicyclic) bond motifs is 1. The highest BCUT2D eigenvalue weighted by atomic mass is 79.9. The van der Waals surface area contributed by atoms with Crippen molar-refractivity contribution in [3.05, 3.63) is 70.8 Å². The average Bonchev–Trinajstić information content (AvgIpc) is 2.91. The molecule has 0 radical (unpaired) electrons. The zero-order valence-corrected chi connectivity index (χ0v) is 12.9. The van der Waals surface area contributed by atoms with Crippen LogP contribution in [0.1, 0.15) is 11.6 Å². The van der Waals surface area contributed by atoms with Crippen LogP contribution in [0.3, 0.4) is 0 Å². The average molecular weight is 346 g/mol. The SMILES string of the molecule is OC[C@@H](O)[C@H](c1ccccc1)n1ccc2cc(Br)ccc21. The van der Waals surface area contributed by atoms with Crippen LogP contribution in [0.2, 0.25) is 0 Å². The molecular weight excluding hydrogens is 330 g/mol. The standard InChI is InChI=1S/C17H16BrNO2/c18-14-6-7-15-13(10-14)8-9-19(15)17(16(21)11-20)12-4-2-1-3-5-12/h1-10,16-17,20-21H,11H2/t16-,17+/m1/s1. The fourth-order valence-electron chi connectivity index (χ4n) is 2.70. The minimum Gasteiger partial charge on any atom is -0.394 e. The molecule has 0 saturated heterocycles. The van der Waals surface area contributed by atoms with Crippen molar-refractivity contribution in [1.82, 2.24) is 4.57 Å². The number of aliphatic hydroxyl groups is 2. The van der Waals surface area contributed by atoms with Crippen molar-refractivity contribution < 1.29 is 10.2 Å². The van der Waals surface area contributed by atoms with Crippen molar-refractivity contribution >= 4 is 26.8 Å². The predicted molar refractivity (Wildman–Crippen MR) is 87.3 cm³/mol. The summed E-state index contributed by atoms with van der Waals surface area (Å²) in [5, 5.41) is 20.8. The molecule has 108 valence electrons. The Kier molecular flexibility index (Phi) is 4.10. The third kappa shape index (κ3) is 2.75. The lowest BCUT2D eigenvalue weighted by atomic mass is 10.0. The van der Waals surface area contributed by atoms with Crippen LogP contribution in [0.4, 0.5) is 0 Å². The molecule has 0 amide bonds. The van der Waals surface area contributed by atoms with E-state index in [-0.39, 0.29) is 12.6 Å². The topological polar surface area (TPSA) is 45.4 Å². The lowest BCUT2D eigenvalue weighted by Crippen LogP contribution is -2.27. The van der Waals surface area contributed by atoms with Gasteiger partial charge >= 0.3 is 0 Å². The molecule has 3 aromatic rings. The van der Waals surface area contributed by atoms with Gasteiger partial charge in [-0.15, -0.1) is 0 Å². The zero-order chi connectivity index (χ0) is 14.8. The highest BCUT2D eigenvalue weighted by molar-refractivity contribution is 9.10. The molecule has 0 spiro atoms. The third-order valence-electron chi connectivity index (χ3n) is 3.67. The second-order valence-corrected chi connectivity index (χ2v) is 5.95. The summed E-state index contributed by atoms with van der Waals surface area (Å²) >= 11 is 3.47. The Morgan fingerprint density at radius 3 is 2.52 bits per heavy atom. The van der Waals surface area contributed by atoms with E-state index in [1.165, 1.54) is 0 Å². The van der Waals surface area contributed by atoms with Crippen molar-refractivity contribution in [3.63, 3.8) is 0 Å². The van der Waals surface area contributed by atoms with Crippen LogP contribution < -0.4 is 0 Å². The van der Waals surface area contributed by atoms with E-state index in [1.54, 1.807) is 0 Å². The first-order valence-electron chi connectivity index (χ1n) is 6.80. The van der Waals surface area contributed by atoms with Crippen molar-refractivity contribution in [2.45, 2.75) is 12.1 Å². The Balaban J connectivity index is 2.15. The summed E-state index contributed by atoms with van der Waals surface area (Å²) in [6, 6.07) is 17.5. The molecule has 0 unspecified atom stereocenters. The highest BCUT2D eigenvalue weighted by Gasteiger charge is 2.23. The summed E-state index contributed by atoms with van der Waals surface area (Å²) < 4.78 is 3.03. The number of aromatic nitrogens is 1. The molecule has 0 aliphatic carbocycles. The number of benzene rings is 2. The van der Waals surface area contributed by atoms with E-state index >= 15 is 0 Å². The Bertz CT molecular complexity index is 739. The van der Waals surface area contributed by atoms with Crippen molar-refractivity contribution in [1.29, 1.82) is 0 Å². The lowest BCUT2D eigenvalue weighted by molar-refractivity contribution is 0.0654. The molecule has 3 rings (SSSR count). The van der Waals surface area contributed by atoms with Gasteiger partial charge < -0.3 is 14.8 Å². The Morgan fingerprint density at radius 1 is 1.05 bits per heavy atom. The maximum atomic E-state index is 10.3. The molecule has 4 heteroatoms. The van der Waals surface area contributed by atoms with Crippen LogP contribution in [-0.2, 0) is 0 Å². The van der Waals surface area contributed by atoms with Crippen LogP contribution in [0.5, 0.6) is 0 Å². The Labute approximate surface area is 131 Å². The fraction of sp³-hybridized carbons (Fsp3) is 0.176. The quantitative estimate of drug-likeness (QED) is 0.761. The minimum atomic E-state index is -0.855. The number of rotatable bonds is 4. The van der Waals surface area contributed by atoms with Gasteiger partial charge in [-0.05, 0) is 29.8 Å². The smallest absolute Gasteiger partial charge is 0.102 e. The summed E-state index contributed by atoms with van der Waals surface area (Å²) in [5.74, 6) is 0. The van der Waals surface area contributed by atoms with Gasteiger partial charge in [-0.2, -0.15) is 0 Å². The van der Waals surface area contributed by atoms with Gasteiger partial charge in [0.15, 0.2) is 0 Å². The first kappa shape index (κ1) is 14.3. The summed E-state index contributed by atoms with van der Waals surface area (Å²) in [7, 11) is 0. The zero-order valence-electron chi connectivity index (χ0n) is 11.4. The molecule has 2 atom stereocenters. The van der Waals surface area contributed by atoms with E-state index in [1.807, 2.05) is 65.4 Å². The van der Waals surface area contributed by atoms with Gasteiger partial charge in [0.2, 0.25) is 0 Å². The van der Waals surface area contributed by atoms with E-state index in [0.29, 0.717) is 0 Å². The van der Waals surface area contributed by atoms with Crippen molar-refractivity contribution in [2.24, 2.45) is 0 Å². The third-order valence-corrected chi connectivity index (χ3v) is 4.17. The van der Waals surface area contributed by atoms with Gasteiger partial charge in [0, 0.05) is 21.6 Å². The lowest BCUT2D eigenvalue weighted by Gasteiger charge is -2.25. The second-order valence-electron chi connectivity index (χ2n) is 5.03. The molecular formula is C17H16BrNO2. The molecule has 0 fully saturated rings. The predicted octanol–water partition coefficient (Wildman–Crippen LogP) is 3.35. The van der Waals surface area contributed by atoms with Gasteiger partial charge in [-0.25, -0.2) is 0 Å². The summed E-state index contributed by atoms with van der Waals surface area (Å²) in [5.41, 5.74) is 2.00. The number of hydrogen-bond acceptors (Lipinski definition) is 2. The van der Waals surface area contributed by atoms with Crippen LogP contribution >= 0.6 is 15.9 Å². The van der Waals surface area contributed by atoms with Crippen LogP contribution in [0.25, 0.3) is 10.9 Å². The number of aliphatic hydroxyl groups excluding tert-OH is 2. The highest BCUT2D eigenvalue weighted by Crippen LogP contribution is 2.29. The van der Waals surface area contributed by atoms with E-state index in [4.69, 9.17) is 0 Å². The molecule has 21 heavy (non-hydrogen) atoms. The number of nitrogens with zero attached hydrogens (tertiary/aromatic N) is 1. The van der Waals surface area contributed by atoms with E-state index < -0.39 is 6.10 Å². The largest absolute Gasteiger partial charge is 0.394 e. The molecule has 2 N–H and O–H groups in total. The monoisotopic (exact) mass is 345 g/mol. The van der Waals surface area contributed by atoms with Crippen molar-refractivity contribution in [3.8, 4) is 0 Å². The first-order chi connectivity index (χ1) is 10.2. The van der Waals surface area contributed by atoms with Crippen LogP contribution in [-0.4, -0.2) is 27.5 Å². The summed E-state index contributed by atoms with van der Waals surface area (Å²) in [6.45, 7) is -0.282. The van der Waals surface area contributed by atoms with Gasteiger partial charge in [-0.1, -0.05) is 46.3 Å². The Morgan fingerprint density at radius 2 is 1.81 bits per heavy atom. The maximum absolute atomic E-state index is 10.3. The first-order valence-corrected chi connectivity index (χ1v) is 7.60. The number of halogens is 1. The molecule has 1 heterocycles. The maximum Gasteiger partial charge on any atom is 0.102 e. The van der Waals surface area contributed by atoms with Gasteiger partial charge in [0.25, 0.3) is 0 Å². The normalized spacial score (nSPS) is 14.2. The summed E-state index contributed by atoms with van der Waals surface area (Å²) in [6.07, 6.45) is 1.10. The molecule has 0 aliphatic rings. The van der Waals surface area contributed by atoms with E-state index in [0.717, 1.165) is 20.9 Å². The fourth-order valence-corrected chi connectivity index (χ4v) is 3.07. The van der Waals surface area contributed by atoms with E-state index in [9.17, 15) is 10.2 Å². The van der Waals surface area contributed by atoms with E-state index in [2.05, 4.69) is 15.9 Å². The molecule has 0 aliphatic heterocycles. The molecule has 3 nitrogen and oxygen atoms in total.